The number of hydrogen-bond donors (Lipinski definition) is 2. The van der Waals surface area contributed by atoms with E-state index < -0.39 is 5.97 Å². The summed E-state index contributed by atoms with van der Waals surface area (Å²) in [6.07, 6.45) is 0.833. The van der Waals surface area contributed by atoms with Crippen LogP contribution in [0.4, 0.5) is 5.69 Å². The Balaban J connectivity index is 0.000000252. The Morgan fingerprint density at radius 1 is 1.46 bits per heavy atom. The molecular weight excluding hydrogens is 166 g/mol. The largest absolute Gasteiger partial charge is 0.478 e. The normalized spacial score (nSPS) is 8.08. The quantitative estimate of drug-likeness (QED) is 0.510. The lowest BCUT2D eigenvalue weighted by Gasteiger charge is -1.90. The van der Waals surface area contributed by atoms with E-state index in [1.165, 1.54) is 5.56 Å². The fraction of sp³-hybridized carbons (Fsp3) is 0.100. The van der Waals surface area contributed by atoms with Crippen molar-refractivity contribution in [2.75, 3.05) is 5.73 Å². The molecule has 0 radical (unpaired) electrons. The predicted molar refractivity (Wildman–Crippen MR) is 53.4 cm³/mol. The molecule has 0 spiro atoms. The minimum atomic E-state index is -0.981. The molecule has 0 aliphatic rings. The highest BCUT2D eigenvalue weighted by molar-refractivity contribution is 5.78. The maximum Gasteiger partial charge on any atom is 0.327 e. The second-order valence-corrected chi connectivity index (χ2v) is 2.45. The maximum atomic E-state index is 9.25. The number of nitrogen functional groups attached to an aromatic ring is 1. The van der Waals surface area contributed by atoms with E-state index in [0.29, 0.717) is 0 Å². The third-order valence-corrected chi connectivity index (χ3v) is 1.25. The summed E-state index contributed by atoms with van der Waals surface area (Å²) in [6.45, 7) is 5.00. The topological polar surface area (TPSA) is 63.3 Å². The van der Waals surface area contributed by atoms with Crippen LogP contribution in [0.3, 0.4) is 0 Å². The Kier molecular flexibility index (Phi) is 5.03. The van der Waals surface area contributed by atoms with E-state index in [1.54, 1.807) is 0 Å². The van der Waals surface area contributed by atoms with Gasteiger partial charge < -0.3 is 10.8 Å². The predicted octanol–water partition coefficient (Wildman–Crippen LogP) is 1.83. The van der Waals surface area contributed by atoms with Crippen LogP contribution in [-0.4, -0.2) is 11.1 Å². The summed E-state index contributed by atoms with van der Waals surface area (Å²) in [5.41, 5.74) is 7.51. The lowest BCUT2D eigenvalue weighted by molar-refractivity contribution is -0.131. The zero-order chi connectivity index (χ0) is 10.3. The molecule has 0 aliphatic carbocycles. The van der Waals surface area contributed by atoms with E-state index in [4.69, 9.17) is 10.8 Å². The molecule has 0 aliphatic heterocycles. The van der Waals surface area contributed by atoms with Gasteiger partial charge in [0.25, 0.3) is 0 Å². The van der Waals surface area contributed by atoms with Gasteiger partial charge in [-0.3, -0.25) is 0 Å². The number of anilines is 1. The van der Waals surface area contributed by atoms with E-state index in [9.17, 15) is 4.79 Å². The molecule has 0 atom stereocenters. The summed E-state index contributed by atoms with van der Waals surface area (Å²) in [7, 11) is 0. The second-order valence-electron chi connectivity index (χ2n) is 2.45. The molecule has 0 unspecified atom stereocenters. The van der Waals surface area contributed by atoms with Crippen molar-refractivity contribution in [3.63, 3.8) is 0 Å². The molecule has 13 heavy (non-hydrogen) atoms. The monoisotopic (exact) mass is 179 g/mol. The highest BCUT2D eigenvalue weighted by Crippen LogP contribution is 2.02. The number of carboxylic acids is 1. The standard InChI is InChI=1S/C7H9N.C3H4O2/c1-6-2-4-7(8)5-3-6;1-2-3(4)5/h2-5H,8H2,1H3;2H,1H2,(H,4,5). The van der Waals surface area contributed by atoms with Crippen molar-refractivity contribution in [3.8, 4) is 0 Å². The average Bonchev–Trinajstić information content (AvgIpc) is 2.11. The first-order valence-corrected chi connectivity index (χ1v) is 3.73. The SMILES string of the molecule is C=CC(=O)O.Cc1ccc(N)cc1. The Hall–Kier alpha value is -1.77. The highest BCUT2D eigenvalue weighted by Gasteiger charge is 1.80. The molecule has 3 N–H and O–H groups in total. The van der Waals surface area contributed by atoms with Gasteiger partial charge in [0.2, 0.25) is 0 Å². The summed E-state index contributed by atoms with van der Waals surface area (Å²) in [4.78, 5) is 9.25. The van der Waals surface area contributed by atoms with Crippen LogP contribution in [0.1, 0.15) is 5.56 Å². The number of hydrogen-bond acceptors (Lipinski definition) is 2. The van der Waals surface area contributed by atoms with Crippen molar-refractivity contribution in [2.45, 2.75) is 6.92 Å². The second kappa shape index (κ2) is 5.83. The van der Waals surface area contributed by atoms with Gasteiger partial charge in [0.15, 0.2) is 0 Å². The number of carbonyl (C=O) groups is 1. The van der Waals surface area contributed by atoms with Crippen molar-refractivity contribution >= 4 is 11.7 Å². The lowest BCUT2D eigenvalue weighted by atomic mass is 10.2. The van der Waals surface area contributed by atoms with Gasteiger partial charge in [-0.05, 0) is 19.1 Å². The number of aryl methyl sites for hydroxylation is 1. The molecule has 70 valence electrons. The zero-order valence-corrected chi connectivity index (χ0v) is 7.53. The van der Waals surface area contributed by atoms with E-state index in [0.717, 1.165) is 11.8 Å². The Morgan fingerprint density at radius 2 is 1.85 bits per heavy atom. The van der Waals surface area contributed by atoms with E-state index >= 15 is 0 Å². The van der Waals surface area contributed by atoms with Crippen molar-refractivity contribution in [1.29, 1.82) is 0 Å². The smallest absolute Gasteiger partial charge is 0.327 e. The Morgan fingerprint density at radius 3 is 2.08 bits per heavy atom. The molecule has 0 amide bonds. The average molecular weight is 179 g/mol. The molecular formula is C10H13NO2. The lowest BCUT2D eigenvalue weighted by Crippen LogP contribution is -1.82. The summed E-state index contributed by atoms with van der Waals surface area (Å²) in [5, 5.41) is 7.60. The first-order chi connectivity index (χ1) is 6.06. The van der Waals surface area contributed by atoms with Crippen LogP contribution in [0.2, 0.25) is 0 Å². The number of aliphatic carboxylic acids is 1. The molecule has 0 aromatic heterocycles. The van der Waals surface area contributed by atoms with E-state index in [-0.39, 0.29) is 0 Å². The highest BCUT2D eigenvalue weighted by atomic mass is 16.4. The van der Waals surface area contributed by atoms with Gasteiger partial charge in [0.05, 0.1) is 0 Å². The molecule has 0 fully saturated rings. The number of nitrogens with two attached hydrogens (primary N) is 1. The van der Waals surface area contributed by atoms with Crippen LogP contribution in [-0.2, 0) is 4.79 Å². The van der Waals surface area contributed by atoms with Crippen molar-refractivity contribution in [3.05, 3.63) is 42.5 Å². The summed E-state index contributed by atoms with van der Waals surface area (Å²) < 4.78 is 0. The van der Waals surface area contributed by atoms with Gasteiger partial charge in [0.1, 0.15) is 0 Å². The van der Waals surface area contributed by atoms with Gasteiger partial charge >= 0.3 is 5.97 Å². The minimum absolute atomic E-state index is 0.829. The van der Waals surface area contributed by atoms with Crippen molar-refractivity contribution in [2.24, 2.45) is 0 Å². The molecule has 3 nitrogen and oxygen atoms in total. The molecule has 1 aromatic rings. The molecule has 0 saturated heterocycles. The van der Waals surface area contributed by atoms with Crippen LogP contribution in [0.5, 0.6) is 0 Å². The molecule has 0 bridgehead atoms. The molecule has 1 rings (SSSR count). The van der Waals surface area contributed by atoms with Crippen LogP contribution in [0.25, 0.3) is 0 Å². The van der Waals surface area contributed by atoms with Gasteiger partial charge in [-0.25, -0.2) is 4.79 Å². The summed E-state index contributed by atoms with van der Waals surface area (Å²) >= 11 is 0. The van der Waals surface area contributed by atoms with E-state index in [1.807, 2.05) is 31.2 Å². The maximum absolute atomic E-state index is 9.25. The van der Waals surface area contributed by atoms with Gasteiger partial charge in [-0.1, -0.05) is 24.3 Å². The summed E-state index contributed by atoms with van der Waals surface area (Å²) in [6, 6.07) is 7.79. The first-order valence-electron chi connectivity index (χ1n) is 3.73. The number of benzene rings is 1. The molecule has 0 saturated carbocycles. The fourth-order valence-corrected chi connectivity index (χ4v) is 0.566. The van der Waals surface area contributed by atoms with Crippen LogP contribution < -0.4 is 5.73 Å². The number of rotatable bonds is 1. The van der Waals surface area contributed by atoms with Crippen molar-refractivity contribution in [1.82, 2.24) is 0 Å². The third-order valence-electron chi connectivity index (χ3n) is 1.25. The zero-order valence-electron chi connectivity index (χ0n) is 7.53. The van der Waals surface area contributed by atoms with Crippen LogP contribution >= 0.6 is 0 Å². The Labute approximate surface area is 77.5 Å². The molecule has 0 heterocycles. The molecule has 1 aromatic carbocycles. The molecule has 3 heteroatoms. The van der Waals surface area contributed by atoms with Crippen LogP contribution in [0, 0.1) is 6.92 Å². The van der Waals surface area contributed by atoms with Gasteiger partial charge in [0, 0.05) is 11.8 Å². The van der Waals surface area contributed by atoms with Crippen LogP contribution in [0.15, 0.2) is 36.9 Å². The van der Waals surface area contributed by atoms with Crippen molar-refractivity contribution < 1.29 is 9.90 Å². The van der Waals surface area contributed by atoms with Gasteiger partial charge in [-0.15, -0.1) is 0 Å². The van der Waals surface area contributed by atoms with Gasteiger partial charge in [-0.2, -0.15) is 0 Å². The fourth-order valence-electron chi connectivity index (χ4n) is 0.566. The first kappa shape index (κ1) is 11.2. The third kappa shape index (κ3) is 6.62. The summed E-state index contributed by atoms with van der Waals surface area (Å²) in [5.74, 6) is -0.981. The Bertz CT molecular complexity index is 256. The van der Waals surface area contributed by atoms with E-state index in [2.05, 4.69) is 6.58 Å². The minimum Gasteiger partial charge on any atom is -0.478 e. The number of carboxylic acid groups (broad SMARTS) is 1.